The molecule has 0 aromatic carbocycles. The summed E-state index contributed by atoms with van der Waals surface area (Å²) in [4.78, 5) is 25.2. The van der Waals surface area contributed by atoms with Gasteiger partial charge in [0.1, 0.15) is 16.6 Å². The third-order valence-corrected chi connectivity index (χ3v) is 4.70. The van der Waals surface area contributed by atoms with Gasteiger partial charge in [-0.1, -0.05) is 0 Å². The average molecular weight is 298 g/mol. The van der Waals surface area contributed by atoms with Gasteiger partial charge in [-0.2, -0.15) is 0 Å². The van der Waals surface area contributed by atoms with Crippen LogP contribution < -0.4 is 5.32 Å². The van der Waals surface area contributed by atoms with E-state index in [1.165, 1.54) is 0 Å². The zero-order valence-corrected chi connectivity index (χ0v) is 12.6. The monoisotopic (exact) mass is 298 g/mol. The van der Waals surface area contributed by atoms with Crippen LogP contribution in [0.4, 0.5) is 4.79 Å². The Morgan fingerprint density at radius 3 is 2.62 bits per heavy atom. The smallest absolute Gasteiger partial charge is 0.410 e. The van der Waals surface area contributed by atoms with E-state index in [0.29, 0.717) is 26.2 Å². The molecule has 21 heavy (non-hydrogen) atoms. The van der Waals surface area contributed by atoms with Crippen LogP contribution in [-0.2, 0) is 14.3 Å². The normalized spacial score (nSPS) is 33.7. The van der Waals surface area contributed by atoms with E-state index in [1.807, 2.05) is 20.8 Å². The van der Waals surface area contributed by atoms with Crippen LogP contribution in [0.3, 0.4) is 0 Å². The molecule has 3 saturated heterocycles. The highest BCUT2D eigenvalue weighted by atomic mass is 16.6. The number of ether oxygens (including phenoxy) is 2. The second-order valence-corrected chi connectivity index (χ2v) is 7.33. The Morgan fingerprint density at radius 1 is 1.38 bits per heavy atom. The first-order chi connectivity index (χ1) is 9.69. The molecule has 0 saturated carbocycles. The van der Waals surface area contributed by atoms with Crippen molar-refractivity contribution in [3.63, 3.8) is 0 Å². The number of nitrogens with one attached hydrogen (secondary N) is 1. The van der Waals surface area contributed by atoms with Gasteiger partial charge in [0.15, 0.2) is 0 Å². The Labute approximate surface area is 123 Å². The molecule has 0 bridgehead atoms. The molecular formula is C14H22N2O5. The van der Waals surface area contributed by atoms with Crippen molar-refractivity contribution in [2.75, 3.05) is 32.8 Å². The maximum absolute atomic E-state index is 12.0. The molecule has 0 aromatic heterocycles. The first-order valence-corrected chi connectivity index (χ1v) is 7.25. The van der Waals surface area contributed by atoms with E-state index >= 15 is 0 Å². The molecule has 0 aliphatic carbocycles. The number of carboxylic acid groups (broad SMARTS) is 1. The van der Waals surface area contributed by atoms with E-state index in [0.717, 1.165) is 0 Å². The van der Waals surface area contributed by atoms with E-state index in [-0.39, 0.29) is 18.6 Å². The Hall–Kier alpha value is -1.34. The maximum Gasteiger partial charge on any atom is 0.410 e. The summed E-state index contributed by atoms with van der Waals surface area (Å²) in [5, 5.41) is 12.7. The van der Waals surface area contributed by atoms with Gasteiger partial charge in [-0.25, -0.2) is 4.79 Å². The predicted molar refractivity (Wildman–Crippen MR) is 72.9 cm³/mol. The van der Waals surface area contributed by atoms with Crippen molar-refractivity contribution in [2.24, 2.45) is 11.3 Å². The highest BCUT2D eigenvalue weighted by Gasteiger charge is 2.68. The lowest BCUT2D eigenvalue weighted by atomic mass is 9.69. The quantitative estimate of drug-likeness (QED) is 0.724. The summed E-state index contributed by atoms with van der Waals surface area (Å²) in [5.74, 6) is -0.911. The largest absolute Gasteiger partial charge is 0.481 e. The number of carbonyl (C=O) groups is 2. The van der Waals surface area contributed by atoms with Gasteiger partial charge in [-0.3, -0.25) is 4.79 Å². The molecule has 0 aromatic rings. The minimum Gasteiger partial charge on any atom is -0.481 e. The summed E-state index contributed by atoms with van der Waals surface area (Å²) in [6.45, 7) is 7.54. The number of likely N-dealkylation sites (tertiary alicyclic amines) is 1. The molecule has 2 atom stereocenters. The summed E-state index contributed by atoms with van der Waals surface area (Å²) >= 11 is 0. The summed E-state index contributed by atoms with van der Waals surface area (Å²) in [6.07, 6.45) is -0.365. The lowest BCUT2D eigenvalue weighted by Gasteiger charge is -2.50. The molecule has 2 N–H and O–H groups in total. The summed E-state index contributed by atoms with van der Waals surface area (Å²) in [7, 11) is 0. The van der Waals surface area contributed by atoms with Crippen LogP contribution in [0.25, 0.3) is 0 Å². The van der Waals surface area contributed by atoms with Gasteiger partial charge < -0.3 is 24.8 Å². The van der Waals surface area contributed by atoms with E-state index in [1.54, 1.807) is 4.90 Å². The minimum absolute atomic E-state index is 0.0961. The SMILES string of the molecule is CC(C)(C)OC(=O)N1CC2(C1)OCC1(C(=O)O)CNCC21. The van der Waals surface area contributed by atoms with E-state index in [2.05, 4.69) is 5.32 Å². The molecule has 118 valence electrons. The maximum atomic E-state index is 12.0. The summed E-state index contributed by atoms with van der Waals surface area (Å²) < 4.78 is 11.2. The van der Waals surface area contributed by atoms with Crippen LogP contribution in [0.2, 0.25) is 0 Å². The van der Waals surface area contributed by atoms with Crippen molar-refractivity contribution in [3.8, 4) is 0 Å². The molecule has 3 rings (SSSR count). The van der Waals surface area contributed by atoms with Crippen molar-refractivity contribution in [1.82, 2.24) is 10.2 Å². The molecule has 1 spiro atoms. The predicted octanol–water partition coefficient (Wildman–Crippen LogP) is 0.297. The number of rotatable bonds is 1. The molecule has 3 heterocycles. The van der Waals surface area contributed by atoms with E-state index in [9.17, 15) is 14.7 Å². The second kappa shape index (κ2) is 4.33. The number of hydrogen-bond donors (Lipinski definition) is 2. The molecule has 2 unspecified atom stereocenters. The second-order valence-electron chi connectivity index (χ2n) is 7.33. The van der Waals surface area contributed by atoms with Gasteiger partial charge in [0.2, 0.25) is 0 Å². The Kier molecular flexibility index (Phi) is 3.01. The topological polar surface area (TPSA) is 88.1 Å². The zero-order chi connectivity index (χ0) is 15.5. The van der Waals surface area contributed by atoms with Crippen LogP contribution in [0.1, 0.15) is 20.8 Å². The lowest BCUT2D eigenvalue weighted by Crippen LogP contribution is -2.68. The molecule has 3 aliphatic heterocycles. The number of hydrogen-bond acceptors (Lipinski definition) is 5. The standard InChI is InChI=1S/C14H22N2O5/c1-12(2,3)21-11(19)16-6-14(7-16)9-4-15-5-13(9,8-20-14)10(17)18/h9,15H,4-8H2,1-3H3,(H,17,18). The van der Waals surface area contributed by atoms with Crippen LogP contribution >= 0.6 is 0 Å². The third kappa shape index (κ3) is 2.10. The minimum atomic E-state index is -0.847. The molecule has 0 radical (unpaired) electrons. The van der Waals surface area contributed by atoms with Crippen LogP contribution in [0.5, 0.6) is 0 Å². The van der Waals surface area contributed by atoms with Gasteiger partial charge in [0.25, 0.3) is 0 Å². The third-order valence-electron chi connectivity index (χ3n) is 4.70. The number of fused-ring (bicyclic) bond motifs is 2. The van der Waals surface area contributed by atoms with Gasteiger partial charge >= 0.3 is 12.1 Å². The lowest BCUT2D eigenvalue weighted by molar-refractivity contribution is -0.149. The number of carbonyl (C=O) groups excluding carboxylic acids is 1. The first-order valence-electron chi connectivity index (χ1n) is 7.25. The highest BCUT2D eigenvalue weighted by molar-refractivity contribution is 5.77. The Morgan fingerprint density at radius 2 is 2.05 bits per heavy atom. The van der Waals surface area contributed by atoms with Crippen molar-refractivity contribution < 1.29 is 24.2 Å². The van der Waals surface area contributed by atoms with Gasteiger partial charge in [-0.05, 0) is 20.8 Å². The zero-order valence-electron chi connectivity index (χ0n) is 12.6. The molecule has 3 fully saturated rings. The number of carboxylic acids is 1. The molecule has 7 nitrogen and oxygen atoms in total. The van der Waals surface area contributed by atoms with Crippen LogP contribution in [-0.4, -0.2) is 66.1 Å². The van der Waals surface area contributed by atoms with Crippen molar-refractivity contribution in [1.29, 1.82) is 0 Å². The highest BCUT2D eigenvalue weighted by Crippen LogP contribution is 2.51. The van der Waals surface area contributed by atoms with Crippen molar-refractivity contribution in [3.05, 3.63) is 0 Å². The number of amides is 1. The molecular weight excluding hydrogens is 276 g/mol. The van der Waals surface area contributed by atoms with Crippen LogP contribution in [0.15, 0.2) is 0 Å². The fourth-order valence-corrected chi connectivity index (χ4v) is 3.63. The van der Waals surface area contributed by atoms with Gasteiger partial charge in [-0.15, -0.1) is 0 Å². The van der Waals surface area contributed by atoms with Crippen LogP contribution in [0, 0.1) is 11.3 Å². The van der Waals surface area contributed by atoms with E-state index < -0.39 is 22.6 Å². The Bertz CT molecular complexity index is 480. The fourth-order valence-electron chi connectivity index (χ4n) is 3.63. The van der Waals surface area contributed by atoms with Gasteiger partial charge in [0, 0.05) is 19.0 Å². The number of aliphatic carboxylic acids is 1. The summed E-state index contributed by atoms with van der Waals surface area (Å²) in [5.41, 5.74) is -1.91. The average Bonchev–Trinajstić information content (AvgIpc) is 2.80. The van der Waals surface area contributed by atoms with Crippen molar-refractivity contribution in [2.45, 2.75) is 32.0 Å². The van der Waals surface area contributed by atoms with Crippen molar-refractivity contribution >= 4 is 12.1 Å². The van der Waals surface area contributed by atoms with E-state index in [4.69, 9.17) is 9.47 Å². The Balaban J connectivity index is 1.68. The summed E-state index contributed by atoms with van der Waals surface area (Å²) in [6, 6.07) is 0. The molecule has 1 amide bonds. The first kappa shape index (κ1) is 14.6. The van der Waals surface area contributed by atoms with Gasteiger partial charge in [0.05, 0.1) is 19.7 Å². The molecule has 7 heteroatoms. The molecule has 3 aliphatic rings. The fraction of sp³-hybridized carbons (Fsp3) is 0.857. The number of nitrogens with zero attached hydrogens (tertiary/aromatic N) is 1.